The lowest BCUT2D eigenvalue weighted by Gasteiger charge is -2.36. The van der Waals surface area contributed by atoms with E-state index in [4.69, 9.17) is 9.72 Å². The van der Waals surface area contributed by atoms with E-state index in [0.717, 1.165) is 81.6 Å². The van der Waals surface area contributed by atoms with Gasteiger partial charge in [0.25, 0.3) is 0 Å². The Bertz CT molecular complexity index is 1280. The smallest absolute Gasteiger partial charge is 0.159 e. The summed E-state index contributed by atoms with van der Waals surface area (Å²) in [7, 11) is 2.13. The number of nitrogens with one attached hydrogen (secondary N) is 1. The average Bonchev–Trinajstić information content (AvgIpc) is 3.35. The molecule has 0 spiro atoms. The van der Waals surface area contributed by atoms with Crippen molar-refractivity contribution < 1.29 is 4.74 Å². The summed E-state index contributed by atoms with van der Waals surface area (Å²) in [4.78, 5) is 24.7. The zero-order valence-electron chi connectivity index (χ0n) is 20.2. The number of pyridine rings is 2. The maximum absolute atomic E-state index is 5.48. The Labute approximate surface area is 206 Å². The van der Waals surface area contributed by atoms with Gasteiger partial charge in [0, 0.05) is 75.7 Å². The van der Waals surface area contributed by atoms with Crippen LogP contribution in [-0.2, 0) is 11.3 Å². The molecule has 2 aliphatic rings. The van der Waals surface area contributed by atoms with Crippen molar-refractivity contribution in [3.63, 3.8) is 0 Å². The van der Waals surface area contributed by atoms with E-state index in [9.17, 15) is 0 Å². The molecule has 0 saturated carbocycles. The fourth-order valence-electron chi connectivity index (χ4n) is 5.10. The molecule has 6 rings (SSSR count). The molecule has 1 N–H and O–H groups in total. The second kappa shape index (κ2) is 9.68. The van der Waals surface area contributed by atoms with Gasteiger partial charge >= 0.3 is 0 Å². The molecule has 0 radical (unpaired) electrons. The highest BCUT2D eigenvalue weighted by atomic mass is 16.5. The fourth-order valence-corrected chi connectivity index (χ4v) is 5.10. The summed E-state index contributed by atoms with van der Waals surface area (Å²) < 4.78 is 5.48. The number of H-pyrrole nitrogens is 1. The van der Waals surface area contributed by atoms with Crippen molar-refractivity contribution in [1.82, 2.24) is 24.8 Å². The van der Waals surface area contributed by atoms with E-state index in [1.165, 1.54) is 22.4 Å². The first-order valence-electron chi connectivity index (χ1n) is 12.4. The van der Waals surface area contributed by atoms with E-state index in [-0.39, 0.29) is 0 Å². The number of piperazine rings is 1. The number of aromatic amines is 1. The maximum atomic E-state index is 5.48. The molecule has 9 heteroatoms. The van der Waals surface area contributed by atoms with E-state index in [1.54, 1.807) is 0 Å². The van der Waals surface area contributed by atoms with Gasteiger partial charge < -0.3 is 19.5 Å². The van der Waals surface area contributed by atoms with E-state index in [2.05, 4.69) is 67.8 Å². The van der Waals surface area contributed by atoms with Crippen LogP contribution in [0.3, 0.4) is 0 Å². The second-order valence-electron chi connectivity index (χ2n) is 9.34. The molecule has 2 aliphatic heterocycles. The Morgan fingerprint density at radius 2 is 1.71 bits per heavy atom. The molecule has 2 saturated heterocycles. The van der Waals surface area contributed by atoms with Crippen LogP contribution in [0, 0.1) is 0 Å². The standard InChI is InChI=1S/C26H30BN7O/c27-22-17-29-26-23(24(22)34-10-8-32(9-11-34)18-19-2-1-7-28-16-19)30-25(31-26)20-3-5-21(6-4-20)33-12-14-35-15-13-33/h1-7,16-17H,8-15,18,27H2,(H,29,30,31). The van der Waals surface area contributed by atoms with Crippen LogP contribution in [0.15, 0.2) is 55.0 Å². The lowest BCUT2D eigenvalue weighted by atomic mass is 9.95. The minimum atomic E-state index is 0.789. The lowest BCUT2D eigenvalue weighted by Crippen LogP contribution is -2.47. The third-order valence-electron chi connectivity index (χ3n) is 7.00. The average molecular weight is 467 g/mol. The van der Waals surface area contributed by atoms with Crippen molar-refractivity contribution >= 4 is 35.8 Å². The molecule has 3 aromatic heterocycles. The van der Waals surface area contributed by atoms with Gasteiger partial charge in [-0.25, -0.2) is 9.97 Å². The number of imidazole rings is 1. The van der Waals surface area contributed by atoms with Crippen molar-refractivity contribution in [2.24, 2.45) is 0 Å². The Hall–Kier alpha value is -3.43. The first kappa shape index (κ1) is 22.1. The highest BCUT2D eigenvalue weighted by Crippen LogP contribution is 2.28. The molecule has 4 aromatic rings. The number of hydrogen-bond acceptors (Lipinski definition) is 7. The molecular formula is C26H30BN7O. The van der Waals surface area contributed by atoms with Crippen LogP contribution >= 0.6 is 0 Å². The molecular weight excluding hydrogens is 437 g/mol. The zero-order chi connectivity index (χ0) is 23.6. The lowest BCUT2D eigenvalue weighted by molar-refractivity contribution is 0.122. The van der Waals surface area contributed by atoms with Gasteiger partial charge in [-0.05, 0) is 41.4 Å². The predicted molar refractivity (Wildman–Crippen MR) is 142 cm³/mol. The van der Waals surface area contributed by atoms with Gasteiger partial charge in [0.15, 0.2) is 5.65 Å². The summed E-state index contributed by atoms with van der Waals surface area (Å²) in [5.41, 5.74) is 7.73. The predicted octanol–water partition coefficient (Wildman–Crippen LogP) is 1.44. The Morgan fingerprint density at radius 1 is 0.914 bits per heavy atom. The number of ether oxygens (including phenoxy) is 1. The Morgan fingerprint density at radius 3 is 2.46 bits per heavy atom. The third kappa shape index (κ3) is 4.61. The first-order valence-corrected chi connectivity index (χ1v) is 12.4. The molecule has 1 aromatic carbocycles. The molecule has 2 fully saturated rings. The van der Waals surface area contributed by atoms with Crippen molar-refractivity contribution in [3.8, 4) is 11.4 Å². The largest absolute Gasteiger partial charge is 0.378 e. The summed E-state index contributed by atoms with van der Waals surface area (Å²) in [6.45, 7) is 8.36. The van der Waals surface area contributed by atoms with Gasteiger partial charge in [0.1, 0.15) is 19.2 Å². The molecule has 0 bridgehead atoms. The van der Waals surface area contributed by atoms with Gasteiger partial charge in [0.2, 0.25) is 0 Å². The SMILES string of the molecule is Bc1cnc2[nH]c(-c3ccc(N4CCOCC4)cc3)nc2c1N1CCN(Cc2cccnc2)CC1. The second-order valence-corrected chi connectivity index (χ2v) is 9.34. The normalized spacial score (nSPS) is 17.3. The van der Waals surface area contributed by atoms with Crippen molar-refractivity contribution in [1.29, 1.82) is 0 Å². The van der Waals surface area contributed by atoms with Crippen molar-refractivity contribution in [2.45, 2.75) is 6.54 Å². The van der Waals surface area contributed by atoms with E-state index >= 15 is 0 Å². The van der Waals surface area contributed by atoms with Gasteiger partial charge in [-0.15, -0.1) is 0 Å². The highest BCUT2D eigenvalue weighted by molar-refractivity contribution is 6.37. The van der Waals surface area contributed by atoms with Gasteiger partial charge in [-0.3, -0.25) is 9.88 Å². The van der Waals surface area contributed by atoms with Gasteiger partial charge in [-0.2, -0.15) is 0 Å². The molecule has 0 aliphatic carbocycles. The van der Waals surface area contributed by atoms with Crippen LogP contribution in [0.1, 0.15) is 5.56 Å². The van der Waals surface area contributed by atoms with Gasteiger partial charge in [0.05, 0.1) is 18.9 Å². The fraction of sp³-hybridized carbons (Fsp3) is 0.346. The summed E-state index contributed by atoms with van der Waals surface area (Å²) in [6.07, 6.45) is 5.75. The van der Waals surface area contributed by atoms with Crippen molar-refractivity contribution in [3.05, 3.63) is 60.6 Å². The summed E-state index contributed by atoms with van der Waals surface area (Å²) >= 11 is 0. The molecule has 0 unspecified atom stereocenters. The van der Waals surface area contributed by atoms with Crippen LogP contribution in [-0.4, -0.2) is 85.2 Å². The molecule has 178 valence electrons. The van der Waals surface area contributed by atoms with Crippen LogP contribution in [0.2, 0.25) is 0 Å². The van der Waals surface area contributed by atoms with Crippen molar-refractivity contribution in [2.75, 3.05) is 62.3 Å². The Balaban J connectivity index is 1.21. The number of hydrogen-bond donors (Lipinski definition) is 1. The van der Waals surface area contributed by atoms with Crippen LogP contribution in [0.25, 0.3) is 22.6 Å². The minimum absolute atomic E-state index is 0.789. The molecule has 0 amide bonds. The summed E-state index contributed by atoms with van der Waals surface area (Å²) in [5, 5.41) is 0. The molecule has 5 heterocycles. The summed E-state index contributed by atoms with van der Waals surface area (Å²) in [6, 6.07) is 12.8. The molecule has 8 nitrogen and oxygen atoms in total. The Kier molecular flexibility index (Phi) is 6.10. The number of rotatable bonds is 5. The summed E-state index contributed by atoms with van der Waals surface area (Å²) in [5.74, 6) is 0.864. The minimum Gasteiger partial charge on any atom is -0.378 e. The van der Waals surface area contributed by atoms with E-state index in [1.807, 2.05) is 24.7 Å². The number of anilines is 2. The highest BCUT2D eigenvalue weighted by Gasteiger charge is 2.22. The number of nitrogens with zero attached hydrogens (tertiary/aromatic N) is 6. The zero-order valence-corrected chi connectivity index (χ0v) is 20.2. The molecule has 35 heavy (non-hydrogen) atoms. The van der Waals surface area contributed by atoms with Crippen LogP contribution in [0.5, 0.6) is 0 Å². The van der Waals surface area contributed by atoms with E-state index in [0.29, 0.717) is 0 Å². The monoisotopic (exact) mass is 467 g/mol. The number of fused-ring (bicyclic) bond motifs is 1. The quantitative estimate of drug-likeness (QED) is 0.446. The number of benzene rings is 1. The van der Waals surface area contributed by atoms with E-state index < -0.39 is 0 Å². The number of morpholine rings is 1. The van der Waals surface area contributed by atoms with Crippen LogP contribution in [0.4, 0.5) is 11.4 Å². The topological polar surface area (TPSA) is 73.4 Å². The maximum Gasteiger partial charge on any atom is 0.159 e. The van der Waals surface area contributed by atoms with Crippen LogP contribution < -0.4 is 15.3 Å². The first-order chi connectivity index (χ1) is 17.2. The molecule has 0 atom stereocenters. The van der Waals surface area contributed by atoms with Gasteiger partial charge in [-0.1, -0.05) is 6.07 Å². The number of aromatic nitrogens is 4. The third-order valence-corrected chi connectivity index (χ3v) is 7.00.